The molecule has 6 nitrogen and oxygen atoms in total. The summed E-state index contributed by atoms with van der Waals surface area (Å²) < 4.78 is 45.0. The maximum Gasteiger partial charge on any atom is 0.417 e. The zero-order valence-electron chi connectivity index (χ0n) is 22.1. The summed E-state index contributed by atoms with van der Waals surface area (Å²) in [6, 6.07) is 10.9. The molecular formula is C29H32ClF3N2O4S. The minimum absolute atomic E-state index is 0.220. The number of likely N-dealkylation sites (tertiary alicyclic amines) is 1. The number of aliphatic hydroxyl groups is 1. The zero-order chi connectivity index (χ0) is 28.9. The monoisotopic (exact) mass is 596 g/mol. The van der Waals surface area contributed by atoms with Crippen molar-refractivity contribution in [2.24, 2.45) is 5.41 Å². The highest BCUT2D eigenvalue weighted by atomic mass is 35.5. The van der Waals surface area contributed by atoms with Crippen LogP contribution in [0.3, 0.4) is 0 Å². The molecule has 1 fully saturated rings. The smallest absolute Gasteiger partial charge is 0.417 e. The number of carboxylic acids is 1. The molecule has 1 aliphatic heterocycles. The Balaban J connectivity index is 1.32. The molecule has 0 amide bonds. The molecule has 0 saturated carbocycles. The van der Waals surface area contributed by atoms with E-state index in [2.05, 4.69) is 9.88 Å². The normalized spacial score (nSPS) is 16.6. The molecule has 1 aromatic heterocycles. The minimum Gasteiger partial charge on any atom is -0.497 e. The van der Waals surface area contributed by atoms with Gasteiger partial charge in [-0.05, 0) is 87.8 Å². The number of alkyl halides is 3. The van der Waals surface area contributed by atoms with Crippen LogP contribution in [-0.2, 0) is 11.0 Å². The maximum atomic E-state index is 13.2. The molecular weight excluding hydrogens is 565 g/mol. The Morgan fingerprint density at radius 1 is 1.23 bits per heavy atom. The van der Waals surface area contributed by atoms with Crippen LogP contribution >= 0.6 is 23.4 Å². The van der Waals surface area contributed by atoms with Crippen molar-refractivity contribution in [1.82, 2.24) is 9.88 Å². The highest BCUT2D eigenvalue weighted by Crippen LogP contribution is 2.41. The van der Waals surface area contributed by atoms with Crippen LogP contribution in [0, 0.1) is 5.41 Å². The van der Waals surface area contributed by atoms with Gasteiger partial charge in [-0.1, -0.05) is 23.7 Å². The Labute approximate surface area is 240 Å². The molecule has 0 radical (unpaired) electrons. The first-order valence-electron chi connectivity index (χ1n) is 13.1. The Hall–Kier alpha value is -2.53. The number of hydrogen-bond acceptors (Lipinski definition) is 6. The summed E-state index contributed by atoms with van der Waals surface area (Å²) in [5, 5.41) is 22.2. The molecule has 40 heavy (non-hydrogen) atoms. The van der Waals surface area contributed by atoms with Crippen LogP contribution in [0.25, 0.3) is 10.9 Å². The standard InChI is InChI=1S/C29H32ClF3N2O4S/c1-39-19-7-8-23-20(17-19)26(22(30)18-34-23)24(36)9-10-28(27(37)38)11-14-35(15-12-28)13-4-16-40-25-6-3-2-5-21(25)29(31,32)33/h2-3,5-8,17-18,24,36H,4,9-16H2,1H3,(H,37,38)/t24-/m1/s1. The number of methoxy groups -OCH3 is 1. The average Bonchev–Trinajstić information content (AvgIpc) is 2.94. The second kappa shape index (κ2) is 13.0. The van der Waals surface area contributed by atoms with E-state index in [1.807, 2.05) is 0 Å². The van der Waals surface area contributed by atoms with Crippen molar-refractivity contribution in [2.75, 3.05) is 32.5 Å². The number of rotatable bonds is 11. The number of carboxylic acid groups (broad SMARTS) is 1. The van der Waals surface area contributed by atoms with Crippen molar-refractivity contribution in [3.63, 3.8) is 0 Å². The van der Waals surface area contributed by atoms with Crippen molar-refractivity contribution >= 4 is 40.2 Å². The van der Waals surface area contributed by atoms with E-state index in [1.165, 1.54) is 30.1 Å². The van der Waals surface area contributed by atoms with E-state index < -0.39 is 29.2 Å². The van der Waals surface area contributed by atoms with Crippen LogP contribution in [0.15, 0.2) is 53.6 Å². The molecule has 2 aromatic carbocycles. The lowest BCUT2D eigenvalue weighted by Crippen LogP contribution is -2.44. The van der Waals surface area contributed by atoms with E-state index in [1.54, 1.807) is 31.4 Å². The van der Waals surface area contributed by atoms with Gasteiger partial charge in [-0.3, -0.25) is 9.78 Å². The van der Waals surface area contributed by atoms with Crippen LogP contribution in [0.4, 0.5) is 13.2 Å². The quantitative estimate of drug-likeness (QED) is 0.181. The van der Waals surface area contributed by atoms with E-state index in [0.29, 0.717) is 71.9 Å². The number of halogens is 4. The Kier molecular flexibility index (Phi) is 9.87. The summed E-state index contributed by atoms with van der Waals surface area (Å²) in [6.45, 7) is 1.82. The Morgan fingerprint density at radius 2 is 1.95 bits per heavy atom. The lowest BCUT2D eigenvalue weighted by atomic mass is 9.74. The molecule has 2 N–H and O–H groups in total. The van der Waals surface area contributed by atoms with Crippen LogP contribution < -0.4 is 4.74 Å². The number of aliphatic carboxylic acids is 1. The molecule has 216 valence electrons. The van der Waals surface area contributed by atoms with Gasteiger partial charge in [-0.25, -0.2) is 0 Å². The predicted molar refractivity (Wildman–Crippen MR) is 150 cm³/mol. The molecule has 1 saturated heterocycles. The average molecular weight is 597 g/mol. The van der Waals surface area contributed by atoms with Crippen molar-refractivity contribution in [1.29, 1.82) is 0 Å². The Morgan fingerprint density at radius 3 is 2.62 bits per heavy atom. The number of pyridine rings is 1. The van der Waals surface area contributed by atoms with Gasteiger partial charge < -0.3 is 19.8 Å². The lowest BCUT2D eigenvalue weighted by molar-refractivity contribution is -0.153. The fourth-order valence-electron chi connectivity index (χ4n) is 5.26. The summed E-state index contributed by atoms with van der Waals surface area (Å²) in [5.74, 6) is 0.249. The van der Waals surface area contributed by atoms with Crippen molar-refractivity contribution in [3.8, 4) is 5.75 Å². The van der Waals surface area contributed by atoms with Gasteiger partial charge in [0, 0.05) is 22.0 Å². The number of hydrogen-bond donors (Lipinski definition) is 2. The van der Waals surface area contributed by atoms with E-state index in [-0.39, 0.29) is 17.7 Å². The number of aliphatic hydroxyl groups excluding tert-OH is 1. The molecule has 3 aromatic rings. The molecule has 0 spiro atoms. The summed E-state index contributed by atoms with van der Waals surface area (Å²) in [4.78, 5) is 19.1. The topological polar surface area (TPSA) is 82.9 Å². The molecule has 11 heteroatoms. The highest BCUT2D eigenvalue weighted by molar-refractivity contribution is 7.99. The SMILES string of the molecule is COc1ccc2ncc(Cl)c([C@H](O)CCC3(C(=O)O)CCN(CCCSc4ccccc4C(F)(F)F)CC3)c2c1. The second-order valence-corrected chi connectivity index (χ2v) is 11.6. The lowest BCUT2D eigenvalue weighted by Gasteiger charge is -2.39. The first-order valence-corrected chi connectivity index (χ1v) is 14.5. The summed E-state index contributed by atoms with van der Waals surface area (Å²) >= 11 is 7.61. The molecule has 0 aliphatic carbocycles. The van der Waals surface area contributed by atoms with Gasteiger partial charge in [0.15, 0.2) is 0 Å². The predicted octanol–water partition coefficient (Wildman–Crippen LogP) is 7.08. The second-order valence-electron chi connectivity index (χ2n) is 10.1. The van der Waals surface area contributed by atoms with Gasteiger partial charge >= 0.3 is 12.1 Å². The molecule has 1 atom stereocenters. The number of aromatic nitrogens is 1. The van der Waals surface area contributed by atoms with E-state index in [0.717, 1.165) is 6.07 Å². The Bertz CT molecular complexity index is 1330. The van der Waals surface area contributed by atoms with Gasteiger partial charge in [0.25, 0.3) is 0 Å². The van der Waals surface area contributed by atoms with Gasteiger partial charge in [0.2, 0.25) is 0 Å². The minimum atomic E-state index is -4.38. The summed E-state index contributed by atoms with van der Waals surface area (Å²) in [7, 11) is 1.55. The molecule has 0 unspecified atom stereocenters. The summed E-state index contributed by atoms with van der Waals surface area (Å²) in [5.41, 5.74) is -0.425. The first-order chi connectivity index (χ1) is 19.0. The third kappa shape index (κ3) is 7.02. The van der Waals surface area contributed by atoms with Crippen molar-refractivity contribution < 1.29 is 32.9 Å². The third-order valence-electron chi connectivity index (χ3n) is 7.63. The van der Waals surface area contributed by atoms with Crippen LogP contribution in [0.5, 0.6) is 5.75 Å². The van der Waals surface area contributed by atoms with Crippen molar-refractivity contribution in [3.05, 3.63) is 64.8 Å². The molecule has 2 heterocycles. The van der Waals surface area contributed by atoms with Crippen LogP contribution in [0.2, 0.25) is 5.02 Å². The van der Waals surface area contributed by atoms with E-state index >= 15 is 0 Å². The number of ether oxygens (including phenoxy) is 1. The van der Waals surface area contributed by atoms with Crippen molar-refractivity contribution in [2.45, 2.75) is 49.3 Å². The van der Waals surface area contributed by atoms with Gasteiger partial charge in [-0.15, -0.1) is 11.8 Å². The van der Waals surface area contributed by atoms with Crippen LogP contribution in [0.1, 0.15) is 49.3 Å². The fraction of sp³-hybridized carbons (Fsp3) is 0.448. The number of carbonyl (C=O) groups is 1. The largest absolute Gasteiger partial charge is 0.497 e. The van der Waals surface area contributed by atoms with E-state index in [4.69, 9.17) is 16.3 Å². The zero-order valence-corrected chi connectivity index (χ0v) is 23.7. The fourth-order valence-corrected chi connectivity index (χ4v) is 6.55. The number of fused-ring (bicyclic) bond motifs is 1. The van der Waals surface area contributed by atoms with Crippen LogP contribution in [-0.4, -0.2) is 58.6 Å². The summed E-state index contributed by atoms with van der Waals surface area (Å²) in [6.07, 6.45) is -1.82. The third-order valence-corrected chi connectivity index (χ3v) is 9.09. The molecule has 0 bridgehead atoms. The number of nitrogens with zero attached hydrogens (tertiary/aromatic N) is 2. The molecule has 1 aliphatic rings. The first kappa shape index (κ1) is 30.4. The number of benzene rings is 2. The van der Waals surface area contributed by atoms with E-state index in [9.17, 15) is 28.2 Å². The molecule has 4 rings (SSSR count). The number of piperidine rings is 1. The van der Waals surface area contributed by atoms with Gasteiger partial charge in [0.1, 0.15) is 5.75 Å². The van der Waals surface area contributed by atoms with Gasteiger partial charge in [0.05, 0.1) is 34.7 Å². The van der Waals surface area contributed by atoms with Gasteiger partial charge in [-0.2, -0.15) is 13.2 Å². The highest BCUT2D eigenvalue weighted by Gasteiger charge is 2.41. The maximum absolute atomic E-state index is 13.2. The number of thioether (sulfide) groups is 1.